The van der Waals surface area contributed by atoms with Gasteiger partial charge in [0.05, 0.1) is 19.8 Å². The molecule has 9 heteroatoms. The predicted octanol–water partition coefficient (Wildman–Crippen LogP) is 6.26. The zero-order valence-electron chi connectivity index (χ0n) is 22.5. The van der Waals surface area contributed by atoms with Crippen LogP contribution in [0.25, 0.3) is 11.1 Å². The first-order valence-electron chi connectivity index (χ1n) is 13.3. The van der Waals surface area contributed by atoms with Gasteiger partial charge >= 0.3 is 11.9 Å². The summed E-state index contributed by atoms with van der Waals surface area (Å²) in [6.07, 6.45) is 2.47. The standard InChI is InChI=1S/C31H35FO8/c1-2-21-19-25(22-10-12-23(32)13-11-22)26(33)20-29(21)40-18-6-17-39-28-8-5-7-27(24(28)14-15-31(36)37)38-16-4-3-9-30(34)35/h5,7-8,10-13,19-20,33H,2-4,6,9,14-18H2,1H3,(H,34,35)(H,36,37). The van der Waals surface area contributed by atoms with Crippen molar-refractivity contribution in [2.24, 2.45) is 0 Å². The largest absolute Gasteiger partial charge is 0.507 e. The van der Waals surface area contributed by atoms with Crippen LogP contribution in [-0.2, 0) is 22.4 Å². The second-order valence-corrected chi connectivity index (χ2v) is 9.21. The molecule has 8 nitrogen and oxygen atoms in total. The summed E-state index contributed by atoms with van der Waals surface area (Å²) in [6.45, 7) is 2.93. The van der Waals surface area contributed by atoms with Crippen LogP contribution in [0.2, 0.25) is 0 Å². The average Bonchev–Trinajstić information content (AvgIpc) is 2.92. The Bertz CT molecular complexity index is 1270. The van der Waals surface area contributed by atoms with Gasteiger partial charge in [0.15, 0.2) is 0 Å². The van der Waals surface area contributed by atoms with Crippen molar-refractivity contribution in [3.63, 3.8) is 0 Å². The van der Waals surface area contributed by atoms with E-state index in [1.165, 1.54) is 12.1 Å². The number of hydrogen-bond acceptors (Lipinski definition) is 6. The molecule has 0 aromatic heterocycles. The van der Waals surface area contributed by atoms with Gasteiger partial charge in [0, 0.05) is 36.5 Å². The van der Waals surface area contributed by atoms with E-state index >= 15 is 0 Å². The smallest absolute Gasteiger partial charge is 0.303 e. The van der Waals surface area contributed by atoms with Crippen molar-refractivity contribution >= 4 is 11.9 Å². The second-order valence-electron chi connectivity index (χ2n) is 9.21. The van der Waals surface area contributed by atoms with Crippen molar-refractivity contribution < 1.29 is 43.5 Å². The molecule has 0 spiro atoms. The van der Waals surface area contributed by atoms with Gasteiger partial charge in [-0.25, -0.2) is 4.39 Å². The lowest BCUT2D eigenvalue weighted by atomic mass is 10.00. The molecule has 0 aliphatic carbocycles. The first-order valence-corrected chi connectivity index (χ1v) is 13.3. The Balaban J connectivity index is 1.58. The molecule has 0 unspecified atom stereocenters. The highest BCUT2D eigenvalue weighted by molar-refractivity contribution is 5.72. The molecule has 0 aliphatic rings. The summed E-state index contributed by atoms with van der Waals surface area (Å²) >= 11 is 0. The summed E-state index contributed by atoms with van der Waals surface area (Å²) in [5.41, 5.74) is 2.87. The van der Waals surface area contributed by atoms with Crippen molar-refractivity contribution in [1.29, 1.82) is 0 Å². The molecule has 3 aromatic rings. The molecule has 40 heavy (non-hydrogen) atoms. The third kappa shape index (κ3) is 9.18. The molecule has 214 valence electrons. The third-order valence-corrected chi connectivity index (χ3v) is 6.24. The Hall–Kier alpha value is -4.27. The second kappa shape index (κ2) is 15.4. The minimum absolute atomic E-state index is 0.0397. The van der Waals surface area contributed by atoms with Gasteiger partial charge in [0.25, 0.3) is 0 Å². The summed E-state index contributed by atoms with van der Waals surface area (Å²) in [7, 11) is 0. The first kappa shape index (κ1) is 30.3. The van der Waals surface area contributed by atoms with E-state index < -0.39 is 11.9 Å². The number of phenols is 1. The molecule has 3 N–H and O–H groups in total. The fraction of sp³-hybridized carbons (Fsp3) is 0.355. The van der Waals surface area contributed by atoms with Crippen LogP contribution < -0.4 is 14.2 Å². The van der Waals surface area contributed by atoms with Crippen molar-refractivity contribution in [3.05, 3.63) is 71.5 Å². The molecule has 0 heterocycles. The molecule has 0 bridgehead atoms. The van der Waals surface area contributed by atoms with Gasteiger partial charge in [0.1, 0.15) is 28.8 Å². The van der Waals surface area contributed by atoms with Gasteiger partial charge in [-0.2, -0.15) is 0 Å². The Kier molecular flexibility index (Phi) is 11.6. The van der Waals surface area contributed by atoms with E-state index in [4.69, 9.17) is 19.3 Å². The summed E-state index contributed by atoms with van der Waals surface area (Å²) in [4.78, 5) is 21.9. The number of carboxylic acids is 2. The van der Waals surface area contributed by atoms with Gasteiger partial charge in [-0.3, -0.25) is 9.59 Å². The topological polar surface area (TPSA) is 123 Å². The Morgan fingerprint density at radius 3 is 1.98 bits per heavy atom. The lowest BCUT2D eigenvalue weighted by molar-refractivity contribution is -0.138. The molecular formula is C31H35FO8. The van der Waals surface area contributed by atoms with E-state index in [1.807, 2.05) is 13.0 Å². The van der Waals surface area contributed by atoms with Crippen LogP contribution in [0.15, 0.2) is 54.6 Å². The van der Waals surface area contributed by atoms with Crippen LogP contribution in [0, 0.1) is 5.82 Å². The fourth-order valence-corrected chi connectivity index (χ4v) is 4.16. The number of aryl methyl sites for hydroxylation is 1. The van der Waals surface area contributed by atoms with Gasteiger partial charge in [0.2, 0.25) is 0 Å². The van der Waals surface area contributed by atoms with Crippen molar-refractivity contribution in [2.75, 3.05) is 19.8 Å². The van der Waals surface area contributed by atoms with Gasteiger partial charge in [-0.15, -0.1) is 0 Å². The predicted molar refractivity (Wildman–Crippen MR) is 148 cm³/mol. The Morgan fingerprint density at radius 1 is 0.775 bits per heavy atom. The number of carboxylic acid groups (broad SMARTS) is 2. The van der Waals surface area contributed by atoms with Crippen molar-refractivity contribution in [2.45, 2.75) is 51.9 Å². The number of rotatable bonds is 17. The summed E-state index contributed by atoms with van der Waals surface area (Å²) in [5.74, 6) is -0.483. The van der Waals surface area contributed by atoms with E-state index in [1.54, 1.807) is 36.4 Å². The summed E-state index contributed by atoms with van der Waals surface area (Å²) in [5, 5.41) is 28.5. The highest BCUT2D eigenvalue weighted by atomic mass is 19.1. The summed E-state index contributed by atoms with van der Waals surface area (Å²) in [6, 6.07) is 14.6. The Labute approximate surface area is 233 Å². The minimum Gasteiger partial charge on any atom is -0.507 e. The monoisotopic (exact) mass is 554 g/mol. The molecule has 0 atom stereocenters. The third-order valence-electron chi connectivity index (χ3n) is 6.24. The lowest BCUT2D eigenvalue weighted by Gasteiger charge is -2.17. The number of aliphatic carboxylic acids is 2. The van der Waals surface area contributed by atoms with E-state index in [2.05, 4.69) is 0 Å². The van der Waals surface area contributed by atoms with Crippen molar-refractivity contribution in [1.82, 2.24) is 0 Å². The normalized spacial score (nSPS) is 10.8. The van der Waals surface area contributed by atoms with Crippen LogP contribution in [-0.4, -0.2) is 47.1 Å². The number of ether oxygens (including phenoxy) is 3. The minimum atomic E-state index is -0.934. The number of halogens is 1. The zero-order valence-corrected chi connectivity index (χ0v) is 22.5. The molecular weight excluding hydrogens is 519 g/mol. The van der Waals surface area contributed by atoms with Crippen LogP contribution in [0.3, 0.4) is 0 Å². The fourth-order valence-electron chi connectivity index (χ4n) is 4.16. The average molecular weight is 555 g/mol. The number of unbranched alkanes of at least 4 members (excludes halogenated alkanes) is 1. The number of hydrogen-bond donors (Lipinski definition) is 3. The maximum absolute atomic E-state index is 13.3. The first-order chi connectivity index (χ1) is 19.3. The maximum Gasteiger partial charge on any atom is 0.303 e. The highest BCUT2D eigenvalue weighted by Crippen LogP contribution is 2.36. The molecule has 0 amide bonds. The number of aromatic hydroxyl groups is 1. The highest BCUT2D eigenvalue weighted by Gasteiger charge is 2.14. The SMILES string of the molecule is CCc1cc(-c2ccc(F)cc2)c(O)cc1OCCCOc1cccc(OCCCCC(=O)O)c1CCC(=O)O. The number of phenolic OH excluding ortho intramolecular Hbond substituents is 1. The van der Waals surface area contributed by atoms with Gasteiger partial charge in [-0.1, -0.05) is 25.1 Å². The van der Waals surface area contributed by atoms with E-state index in [9.17, 15) is 24.2 Å². The molecule has 0 saturated carbocycles. The van der Waals surface area contributed by atoms with E-state index in [0.29, 0.717) is 79.4 Å². The van der Waals surface area contributed by atoms with E-state index in [-0.39, 0.29) is 30.8 Å². The zero-order chi connectivity index (χ0) is 28.9. The lowest BCUT2D eigenvalue weighted by Crippen LogP contribution is -2.09. The van der Waals surface area contributed by atoms with Crippen LogP contribution in [0.4, 0.5) is 4.39 Å². The molecule has 3 rings (SSSR count). The molecule has 0 fully saturated rings. The Morgan fingerprint density at radius 2 is 1.38 bits per heavy atom. The number of carbonyl (C=O) groups is 2. The van der Waals surface area contributed by atoms with Gasteiger partial charge < -0.3 is 29.5 Å². The quantitative estimate of drug-likeness (QED) is 0.167. The van der Waals surface area contributed by atoms with Gasteiger partial charge in [-0.05, 0) is 67.1 Å². The van der Waals surface area contributed by atoms with Crippen LogP contribution in [0.1, 0.15) is 50.2 Å². The van der Waals surface area contributed by atoms with Crippen molar-refractivity contribution in [3.8, 4) is 34.1 Å². The van der Waals surface area contributed by atoms with Crippen LogP contribution in [0.5, 0.6) is 23.0 Å². The molecule has 0 saturated heterocycles. The van der Waals surface area contributed by atoms with Crippen LogP contribution >= 0.6 is 0 Å². The summed E-state index contributed by atoms with van der Waals surface area (Å²) < 4.78 is 31.0. The molecule has 3 aromatic carbocycles. The van der Waals surface area contributed by atoms with E-state index in [0.717, 1.165) is 5.56 Å². The maximum atomic E-state index is 13.3. The molecule has 0 aliphatic heterocycles. The molecule has 0 radical (unpaired) electrons. The number of benzene rings is 3.